The first-order chi connectivity index (χ1) is 10.7. The highest BCUT2D eigenvalue weighted by atomic mass is 16.5. The van der Waals surface area contributed by atoms with Gasteiger partial charge in [0.1, 0.15) is 11.6 Å². The maximum absolute atomic E-state index is 5.21. The van der Waals surface area contributed by atoms with Gasteiger partial charge in [0.15, 0.2) is 0 Å². The molecule has 0 amide bonds. The summed E-state index contributed by atoms with van der Waals surface area (Å²) in [7, 11) is 1.70. The van der Waals surface area contributed by atoms with Gasteiger partial charge in [0.2, 0.25) is 0 Å². The van der Waals surface area contributed by atoms with Gasteiger partial charge in [-0.3, -0.25) is 4.90 Å². The van der Waals surface area contributed by atoms with Gasteiger partial charge >= 0.3 is 0 Å². The zero-order valence-electron chi connectivity index (χ0n) is 13.5. The highest BCUT2D eigenvalue weighted by molar-refractivity contribution is 5.27. The van der Waals surface area contributed by atoms with Gasteiger partial charge in [-0.2, -0.15) is 0 Å². The molecule has 1 aliphatic rings. The van der Waals surface area contributed by atoms with Crippen molar-refractivity contribution in [2.45, 2.75) is 39.3 Å². The number of aromatic nitrogens is 2. The number of methoxy groups -OCH3 is 1. The third kappa shape index (κ3) is 3.28. The monoisotopic (exact) mass is 297 g/mol. The van der Waals surface area contributed by atoms with E-state index in [2.05, 4.69) is 35.9 Å². The van der Waals surface area contributed by atoms with Crippen LogP contribution < -0.4 is 4.74 Å². The van der Waals surface area contributed by atoms with Crippen LogP contribution in [0.1, 0.15) is 42.4 Å². The molecule has 0 saturated heterocycles. The molecular weight excluding hydrogens is 274 g/mol. The Morgan fingerprint density at radius 3 is 2.68 bits per heavy atom. The molecule has 0 fully saturated rings. The van der Waals surface area contributed by atoms with Crippen molar-refractivity contribution in [1.82, 2.24) is 14.9 Å². The zero-order chi connectivity index (χ0) is 15.5. The van der Waals surface area contributed by atoms with E-state index in [-0.39, 0.29) is 0 Å². The maximum Gasteiger partial charge on any atom is 0.131 e. The van der Waals surface area contributed by atoms with E-state index in [0.717, 1.165) is 37.6 Å². The molecule has 22 heavy (non-hydrogen) atoms. The first-order valence-corrected chi connectivity index (χ1v) is 7.85. The predicted octanol–water partition coefficient (Wildman–Crippen LogP) is 3.17. The summed E-state index contributed by atoms with van der Waals surface area (Å²) < 4.78 is 5.21. The van der Waals surface area contributed by atoms with Crippen molar-refractivity contribution in [2.75, 3.05) is 13.7 Å². The minimum absolute atomic E-state index is 0.377. The van der Waals surface area contributed by atoms with Gasteiger partial charge in [-0.05, 0) is 29.7 Å². The molecule has 116 valence electrons. The molecule has 2 aromatic rings. The Kier molecular flexibility index (Phi) is 4.39. The lowest BCUT2D eigenvalue weighted by molar-refractivity contribution is 0.240. The van der Waals surface area contributed by atoms with Crippen molar-refractivity contribution >= 4 is 0 Å². The van der Waals surface area contributed by atoms with Crippen molar-refractivity contribution in [2.24, 2.45) is 0 Å². The topological polar surface area (TPSA) is 38.2 Å². The Morgan fingerprint density at radius 1 is 1.23 bits per heavy atom. The van der Waals surface area contributed by atoms with E-state index < -0.39 is 0 Å². The third-order valence-corrected chi connectivity index (χ3v) is 4.13. The van der Waals surface area contributed by atoms with Crippen LogP contribution in [0.5, 0.6) is 5.75 Å². The van der Waals surface area contributed by atoms with Crippen LogP contribution in [0, 0.1) is 0 Å². The predicted molar refractivity (Wildman–Crippen MR) is 86.9 cm³/mol. The summed E-state index contributed by atoms with van der Waals surface area (Å²) in [5.41, 5.74) is 3.80. The molecule has 1 aromatic heterocycles. The average molecular weight is 297 g/mol. The van der Waals surface area contributed by atoms with Gasteiger partial charge < -0.3 is 4.74 Å². The fourth-order valence-corrected chi connectivity index (χ4v) is 2.77. The van der Waals surface area contributed by atoms with E-state index in [0.29, 0.717) is 5.92 Å². The molecule has 1 aromatic carbocycles. The Morgan fingerprint density at radius 2 is 2.00 bits per heavy atom. The molecule has 0 aliphatic carbocycles. The highest BCUT2D eigenvalue weighted by Gasteiger charge is 2.19. The number of rotatable bonds is 4. The number of ether oxygens (including phenoxy) is 1. The molecular formula is C18H23N3O. The molecule has 0 bridgehead atoms. The second-order valence-electron chi connectivity index (χ2n) is 6.16. The van der Waals surface area contributed by atoms with Crippen LogP contribution in [-0.4, -0.2) is 28.5 Å². The van der Waals surface area contributed by atoms with Crippen molar-refractivity contribution < 1.29 is 4.74 Å². The Labute approximate surface area is 132 Å². The number of hydrogen-bond donors (Lipinski definition) is 0. The van der Waals surface area contributed by atoms with Crippen LogP contribution in [0.3, 0.4) is 0 Å². The molecule has 0 saturated carbocycles. The summed E-state index contributed by atoms with van der Waals surface area (Å²) in [4.78, 5) is 11.7. The average Bonchev–Trinajstić information content (AvgIpc) is 2.55. The van der Waals surface area contributed by atoms with E-state index in [9.17, 15) is 0 Å². The van der Waals surface area contributed by atoms with Gasteiger partial charge in [0, 0.05) is 31.7 Å². The van der Waals surface area contributed by atoms with Crippen LogP contribution in [0.2, 0.25) is 0 Å². The smallest absolute Gasteiger partial charge is 0.131 e. The molecule has 0 spiro atoms. The molecule has 1 aliphatic heterocycles. The van der Waals surface area contributed by atoms with E-state index >= 15 is 0 Å². The lowest BCUT2D eigenvalue weighted by Gasteiger charge is -2.28. The van der Waals surface area contributed by atoms with Crippen molar-refractivity contribution in [1.29, 1.82) is 0 Å². The second kappa shape index (κ2) is 6.44. The van der Waals surface area contributed by atoms with Crippen molar-refractivity contribution in [3.63, 3.8) is 0 Å². The molecule has 0 N–H and O–H groups in total. The first kappa shape index (κ1) is 15.0. The molecule has 4 nitrogen and oxygen atoms in total. The lowest BCUT2D eigenvalue weighted by atomic mass is 10.1. The molecule has 0 atom stereocenters. The van der Waals surface area contributed by atoms with Crippen LogP contribution >= 0.6 is 0 Å². The molecule has 3 rings (SSSR count). The molecule has 2 heterocycles. The summed E-state index contributed by atoms with van der Waals surface area (Å²) in [5.74, 6) is 2.23. The Balaban J connectivity index is 1.71. The maximum atomic E-state index is 5.21. The zero-order valence-corrected chi connectivity index (χ0v) is 13.5. The van der Waals surface area contributed by atoms with Crippen molar-refractivity contribution in [3.8, 4) is 5.75 Å². The molecule has 0 radical (unpaired) electrons. The number of hydrogen-bond acceptors (Lipinski definition) is 4. The normalized spacial score (nSPS) is 14.9. The van der Waals surface area contributed by atoms with Crippen molar-refractivity contribution in [3.05, 3.63) is 53.1 Å². The SMILES string of the molecule is COc1ccc(CN2CCc3cnc(C(C)C)nc3C2)cc1. The second-order valence-corrected chi connectivity index (χ2v) is 6.16. The fraction of sp³-hybridized carbons (Fsp3) is 0.444. The summed E-state index contributed by atoms with van der Waals surface area (Å²) in [6.45, 7) is 7.19. The van der Waals surface area contributed by atoms with Crippen LogP contribution in [-0.2, 0) is 19.5 Å². The summed E-state index contributed by atoms with van der Waals surface area (Å²) in [6.07, 6.45) is 3.05. The highest BCUT2D eigenvalue weighted by Crippen LogP contribution is 2.21. The van der Waals surface area contributed by atoms with Gasteiger partial charge in [-0.25, -0.2) is 9.97 Å². The van der Waals surface area contributed by atoms with E-state index in [1.807, 2.05) is 18.3 Å². The summed E-state index contributed by atoms with van der Waals surface area (Å²) >= 11 is 0. The lowest BCUT2D eigenvalue weighted by Crippen LogP contribution is -2.31. The van der Waals surface area contributed by atoms with Gasteiger partial charge in [0.25, 0.3) is 0 Å². The van der Waals surface area contributed by atoms with E-state index in [1.54, 1.807) is 7.11 Å². The van der Waals surface area contributed by atoms with Crippen LogP contribution in [0.4, 0.5) is 0 Å². The summed E-state index contributed by atoms with van der Waals surface area (Å²) in [6, 6.07) is 8.31. The van der Waals surface area contributed by atoms with Gasteiger partial charge in [-0.15, -0.1) is 0 Å². The first-order valence-electron chi connectivity index (χ1n) is 7.85. The fourth-order valence-electron chi connectivity index (χ4n) is 2.77. The van der Waals surface area contributed by atoms with E-state index in [1.165, 1.54) is 16.8 Å². The number of benzene rings is 1. The third-order valence-electron chi connectivity index (χ3n) is 4.13. The summed E-state index contributed by atoms with van der Waals surface area (Å²) in [5, 5.41) is 0. The Hall–Kier alpha value is -1.94. The largest absolute Gasteiger partial charge is 0.497 e. The molecule has 4 heteroatoms. The Bertz CT molecular complexity index is 637. The number of nitrogens with zero attached hydrogens (tertiary/aromatic N) is 3. The standard InChI is InChI=1S/C18H23N3O/c1-13(2)18-19-10-15-8-9-21(12-17(15)20-18)11-14-4-6-16(22-3)7-5-14/h4-7,10,13H,8-9,11-12H2,1-3H3. The van der Waals surface area contributed by atoms with Crippen LogP contribution in [0.25, 0.3) is 0 Å². The minimum Gasteiger partial charge on any atom is -0.497 e. The minimum atomic E-state index is 0.377. The van der Waals surface area contributed by atoms with Gasteiger partial charge in [0.05, 0.1) is 12.8 Å². The van der Waals surface area contributed by atoms with Gasteiger partial charge in [-0.1, -0.05) is 26.0 Å². The number of fused-ring (bicyclic) bond motifs is 1. The van der Waals surface area contributed by atoms with E-state index in [4.69, 9.17) is 9.72 Å². The van der Waals surface area contributed by atoms with Crippen LogP contribution in [0.15, 0.2) is 30.5 Å². The molecule has 0 unspecified atom stereocenters. The quantitative estimate of drug-likeness (QED) is 0.869.